The summed E-state index contributed by atoms with van der Waals surface area (Å²) in [7, 11) is 1.60. The van der Waals surface area contributed by atoms with Gasteiger partial charge in [-0.15, -0.1) is 0 Å². The second kappa shape index (κ2) is 8.90. The number of hydrogen-bond donors (Lipinski definition) is 3. The number of alkyl carbamates (subject to hydrolysis) is 1. The topological polar surface area (TPSA) is 123 Å². The van der Waals surface area contributed by atoms with E-state index in [-0.39, 0.29) is 24.8 Å². The minimum absolute atomic E-state index is 0.0358. The molecule has 9 heteroatoms. The van der Waals surface area contributed by atoms with E-state index >= 15 is 0 Å². The third kappa shape index (κ3) is 4.14. The van der Waals surface area contributed by atoms with E-state index in [9.17, 15) is 19.5 Å². The van der Waals surface area contributed by atoms with Crippen LogP contribution < -0.4 is 10.6 Å². The van der Waals surface area contributed by atoms with Gasteiger partial charge in [-0.2, -0.15) is 5.10 Å². The van der Waals surface area contributed by atoms with E-state index in [0.29, 0.717) is 18.5 Å². The molecule has 2 aliphatic carbocycles. The van der Waals surface area contributed by atoms with Crippen molar-refractivity contribution < 1.29 is 24.2 Å². The van der Waals surface area contributed by atoms with Crippen molar-refractivity contribution in [3.8, 4) is 11.1 Å². The van der Waals surface area contributed by atoms with Crippen molar-refractivity contribution in [1.29, 1.82) is 0 Å². The van der Waals surface area contributed by atoms with Gasteiger partial charge in [-0.05, 0) is 47.6 Å². The number of carboxylic acid groups (broad SMARTS) is 1. The average Bonchev–Trinajstić information content (AvgIpc) is 3.36. The number of aromatic nitrogens is 2. The first-order valence-electron chi connectivity index (χ1n) is 11.6. The number of fused-ring (bicyclic) bond motifs is 3. The molecule has 0 radical (unpaired) electrons. The van der Waals surface area contributed by atoms with Crippen molar-refractivity contribution >= 4 is 18.0 Å². The van der Waals surface area contributed by atoms with E-state index in [1.807, 2.05) is 24.3 Å². The summed E-state index contributed by atoms with van der Waals surface area (Å²) in [5.41, 5.74) is 4.05. The maximum atomic E-state index is 12.6. The van der Waals surface area contributed by atoms with Gasteiger partial charge in [0.05, 0.1) is 12.2 Å². The summed E-state index contributed by atoms with van der Waals surface area (Å²) in [5.74, 6) is -1.57. The van der Waals surface area contributed by atoms with Gasteiger partial charge in [0, 0.05) is 13.0 Å². The van der Waals surface area contributed by atoms with Crippen LogP contribution in [-0.4, -0.2) is 45.0 Å². The summed E-state index contributed by atoms with van der Waals surface area (Å²) in [6.07, 6.45) is 0.986. The highest BCUT2D eigenvalue weighted by molar-refractivity contribution is 5.97. The highest BCUT2D eigenvalue weighted by Crippen LogP contribution is 2.44. The molecule has 1 fully saturated rings. The zero-order valence-electron chi connectivity index (χ0n) is 19.3. The van der Waals surface area contributed by atoms with Crippen molar-refractivity contribution in [2.75, 3.05) is 6.61 Å². The van der Waals surface area contributed by atoms with Crippen LogP contribution >= 0.6 is 0 Å². The Hall–Kier alpha value is -4.14. The Labute approximate surface area is 202 Å². The third-order valence-corrected chi connectivity index (χ3v) is 6.89. The van der Waals surface area contributed by atoms with Gasteiger partial charge in [0.25, 0.3) is 5.91 Å². The molecule has 3 N–H and O–H groups in total. The van der Waals surface area contributed by atoms with Gasteiger partial charge in [0.2, 0.25) is 0 Å². The van der Waals surface area contributed by atoms with Crippen molar-refractivity contribution in [1.82, 2.24) is 20.4 Å². The quantitative estimate of drug-likeness (QED) is 0.483. The first-order valence-corrected chi connectivity index (χ1v) is 11.6. The lowest BCUT2D eigenvalue weighted by molar-refractivity contribution is -0.148. The number of nitrogens with one attached hydrogen (secondary N) is 2. The van der Waals surface area contributed by atoms with Gasteiger partial charge >= 0.3 is 12.1 Å². The Morgan fingerprint density at radius 3 is 2.29 bits per heavy atom. The van der Waals surface area contributed by atoms with Crippen molar-refractivity contribution in [2.45, 2.75) is 37.3 Å². The number of aliphatic carboxylic acids is 1. The largest absolute Gasteiger partial charge is 0.480 e. The van der Waals surface area contributed by atoms with E-state index in [1.54, 1.807) is 7.05 Å². The minimum atomic E-state index is -1.21. The molecule has 1 saturated carbocycles. The summed E-state index contributed by atoms with van der Waals surface area (Å²) in [6, 6.07) is 17.8. The fourth-order valence-electron chi connectivity index (χ4n) is 4.84. The van der Waals surface area contributed by atoms with Crippen LogP contribution in [0.2, 0.25) is 0 Å². The number of benzene rings is 2. The number of carbonyl (C=O) groups is 3. The molecular weight excluding hydrogens is 448 g/mol. The number of carboxylic acids is 1. The highest BCUT2D eigenvalue weighted by atomic mass is 16.5. The lowest BCUT2D eigenvalue weighted by atomic mass is 9.76. The Morgan fingerprint density at radius 1 is 1.09 bits per heavy atom. The smallest absolute Gasteiger partial charge is 0.407 e. The van der Waals surface area contributed by atoms with Crippen molar-refractivity contribution in [2.24, 2.45) is 7.05 Å². The standard InChI is InChI=1S/C26H26N4O5/c1-30-22(23(31)28-26(24(32)33)11-6-12-26)13-16(29-30)14-27-25(34)35-15-21-19-9-4-2-7-17(19)18-8-3-5-10-20(18)21/h2-5,7-10,13,21H,6,11-12,14-15H2,1H3,(H,27,34)(H,28,31)(H,32,33). The summed E-state index contributed by atoms with van der Waals surface area (Å²) >= 11 is 0. The number of rotatable bonds is 7. The first-order chi connectivity index (χ1) is 16.9. The van der Waals surface area contributed by atoms with Crippen LogP contribution in [0, 0.1) is 0 Å². The van der Waals surface area contributed by atoms with E-state index < -0.39 is 23.5 Å². The zero-order valence-corrected chi connectivity index (χ0v) is 19.3. The van der Waals surface area contributed by atoms with Gasteiger partial charge < -0.3 is 20.5 Å². The maximum Gasteiger partial charge on any atom is 0.407 e. The molecule has 2 aliphatic rings. The number of hydrogen-bond acceptors (Lipinski definition) is 5. The first kappa shape index (κ1) is 22.6. The Morgan fingerprint density at radius 2 is 1.71 bits per heavy atom. The van der Waals surface area contributed by atoms with Gasteiger partial charge in [-0.25, -0.2) is 9.59 Å². The predicted molar refractivity (Wildman–Crippen MR) is 127 cm³/mol. The van der Waals surface area contributed by atoms with Crippen LogP contribution in [0.1, 0.15) is 52.5 Å². The van der Waals surface area contributed by atoms with Gasteiger partial charge in [-0.3, -0.25) is 9.48 Å². The van der Waals surface area contributed by atoms with Crippen molar-refractivity contribution in [3.63, 3.8) is 0 Å². The van der Waals surface area contributed by atoms with Gasteiger partial charge in [-0.1, -0.05) is 48.5 Å². The number of nitrogens with zero attached hydrogens (tertiary/aromatic N) is 2. The minimum Gasteiger partial charge on any atom is -0.480 e. The number of aryl methyl sites for hydroxylation is 1. The summed E-state index contributed by atoms with van der Waals surface area (Å²) in [4.78, 5) is 36.6. The molecule has 35 heavy (non-hydrogen) atoms. The Kier molecular flexibility index (Phi) is 5.76. The van der Waals surface area contributed by atoms with Crippen LogP contribution in [0.4, 0.5) is 4.79 Å². The molecular formula is C26H26N4O5. The zero-order chi connectivity index (χ0) is 24.6. The molecule has 2 aromatic carbocycles. The lowest BCUT2D eigenvalue weighted by Gasteiger charge is -2.38. The van der Waals surface area contributed by atoms with E-state index in [4.69, 9.17) is 4.74 Å². The van der Waals surface area contributed by atoms with Crippen LogP contribution in [0.3, 0.4) is 0 Å². The maximum absolute atomic E-state index is 12.6. The highest BCUT2D eigenvalue weighted by Gasteiger charge is 2.46. The van der Waals surface area contributed by atoms with E-state index in [0.717, 1.165) is 28.7 Å². The predicted octanol–water partition coefficient (Wildman–Crippen LogP) is 3.20. The average molecular weight is 475 g/mol. The van der Waals surface area contributed by atoms with E-state index in [1.165, 1.54) is 10.7 Å². The Bertz CT molecular complexity index is 1270. The fraction of sp³-hybridized carbons (Fsp3) is 0.308. The second-order valence-electron chi connectivity index (χ2n) is 9.02. The molecule has 1 aromatic heterocycles. The molecule has 9 nitrogen and oxygen atoms in total. The van der Waals surface area contributed by atoms with Gasteiger partial charge in [0.15, 0.2) is 0 Å². The fourth-order valence-corrected chi connectivity index (χ4v) is 4.84. The van der Waals surface area contributed by atoms with Crippen LogP contribution in [0.25, 0.3) is 11.1 Å². The van der Waals surface area contributed by atoms with Crippen molar-refractivity contribution in [3.05, 3.63) is 77.1 Å². The Balaban J connectivity index is 1.18. The molecule has 0 bridgehead atoms. The second-order valence-corrected chi connectivity index (χ2v) is 9.02. The molecule has 0 aliphatic heterocycles. The summed E-state index contributed by atoms with van der Waals surface area (Å²) in [6.45, 7) is 0.273. The normalized spacial score (nSPS) is 15.5. The third-order valence-electron chi connectivity index (χ3n) is 6.89. The lowest BCUT2D eigenvalue weighted by Crippen LogP contribution is -2.59. The molecule has 3 aromatic rings. The molecule has 5 rings (SSSR count). The molecule has 180 valence electrons. The van der Waals surface area contributed by atoms with Crippen LogP contribution in [0.15, 0.2) is 54.6 Å². The molecule has 0 atom stereocenters. The van der Waals surface area contributed by atoms with Gasteiger partial charge in [0.1, 0.15) is 17.8 Å². The molecule has 0 saturated heterocycles. The number of ether oxygens (including phenoxy) is 1. The summed E-state index contributed by atoms with van der Waals surface area (Å²) in [5, 5.41) is 19.0. The monoisotopic (exact) mass is 474 g/mol. The number of carbonyl (C=O) groups excluding carboxylic acids is 2. The number of amides is 2. The molecule has 2 amide bonds. The SMILES string of the molecule is Cn1nc(CNC(=O)OCC2c3ccccc3-c3ccccc32)cc1C(=O)NC1(C(=O)O)CCC1. The molecule has 1 heterocycles. The van der Waals surface area contributed by atoms with Crippen LogP contribution in [0.5, 0.6) is 0 Å². The molecule has 0 unspecified atom stereocenters. The molecule has 0 spiro atoms. The summed E-state index contributed by atoms with van der Waals surface area (Å²) < 4.78 is 6.90. The van der Waals surface area contributed by atoms with Crippen LogP contribution in [-0.2, 0) is 23.1 Å². The van der Waals surface area contributed by atoms with E-state index in [2.05, 4.69) is 40.0 Å².